The van der Waals surface area contributed by atoms with Crippen molar-refractivity contribution in [1.82, 2.24) is 4.41 Å². The van der Waals surface area contributed by atoms with Gasteiger partial charge in [0.15, 0.2) is 0 Å². The lowest BCUT2D eigenvalue weighted by molar-refractivity contribution is 0.236. The monoisotopic (exact) mass is 143 g/mol. The van der Waals surface area contributed by atoms with Crippen LogP contribution in [0.5, 0.6) is 0 Å². The molecule has 0 fully saturated rings. The van der Waals surface area contributed by atoms with Crippen molar-refractivity contribution < 1.29 is 4.79 Å². The van der Waals surface area contributed by atoms with Crippen LogP contribution in [0.15, 0.2) is 16.6 Å². The molecule has 5 heteroatoms. The zero-order valence-electron chi connectivity index (χ0n) is 4.52. The quantitative estimate of drug-likeness (QED) is 0.503. The topological polar surface area (TPSA) is 58.7 Å². The highest BCUT2D eigenvalue weighted by Crippen LogP contribution is 2.13. The Hall–Kier alpha value is -0.970. The van der Waals surface area contributed by atoms with Crippen molar-refractivity contribution in [2.24, 2.45) is 10.8 Å². The predicted octanol–water partition coefficient (Wildman–Crippen LogP) is 0.528. The van der Waals surface area contributed by atoms with Gasteiger partial charge in [0.2, 0.25) is 0 Å². The molecule has 0 saturated heterocycles. The number of allylic oxidation sites excluding steroid dienone is 1. The van der Waals surface area contributed by atoms with E-state index in [1.807, 2.05) is 0 Å². The molecule has 1 heterocycles. The number of carbonyl (C=O) groups excluding carboxylic acids is 1. The summed E-state index contributed by atoms with van der Waals surface area (Å²) in [6.45, 7) is 0. The number of urea groups is 1. The first kappa shape index (κ1) is 6.15. The molecule has 0 aromatic heterocycles. The van der Waals surface area contributed by atoms with Crippen molar-refractivity contribution in [3.63, 3.8) is 0 Å². The minimum atomic E-state index is -0.555. The second-order valence-electron chi connectivity index (χ2n) is 1.31. The Morgan fingerprint density at radius 2 is 2.56 bits per heavy atom. The Morgan fingerprint density at radius 3 is 2.89 bits per heavy atom. The largest absolute Gasteiger partial charge is 0.349 e. The van der Waals surface area contributed by atoms with E-state index in [0.717, 1.165) is 16.4 Å². The standard InChI is InChI=1S/C4H5N3OS/c5-4(8)7-6-2-1-3-9-7/h1-3H,(H2,5,8). The van der Waals surface area contributed by atoms with Crippen LogP contribution in [-0.2, 0) is 0 Å². The Bertz CT molecular complexity index is 177. The van der Waals surface area contributed by atoms with E-state index in [1.54, 1.807) is 11.5 Å². The van der Waals surface area contributed by atoms with Crippen LogP contribution in [0.2, 0.25) is 0 Å². The number of amides is 2. The zero-order chi connectivity index (χ0) is 6.69. The second-order valence-corrected chi connectivity index (χ2v) is 2.14. The number of carbonyl (C=O) groups is 1. The summed E-state index contributed by atoms with van der Waals surface area (Å²) in [7, 11) is 0. The number of hydrogen-bond acceptors (Lipinski definition) is 3. The molecular formula is C4H5N3OS. The molecule has 0 saturated carbocycles. The number of nitrogens with zero attached hydrogens (tertiary/aromatic N) is 2. The van der Waals surface area contributed by atoms with Crippen LogP contribution >= 0.6 is 11.9 Å². The van der Waals surface area contributed by atoms with Crippen LogP contribution in [0.4, 0.5) is 4.79 Å². The maximum Gasteiger partial charge on any atom is 0.346 e. The van der Waals surface area contributed by atoms with Gasteiger partial charge in [-0.1, -0.05) is 0 Å². The van der Waals surface area contributed by atoms with Crippen molar-refractivity contribution in [3.8, 4) is 0 Å². The molecule has 2 amide bonds. The summed E-state index contributed by atoms with van der Waals surface area (Å²) < 4.78 is 1.10. The molecule has 0 bridgehead atoms. The van der Waals surface area contributed by atoms with Crippen LogP contribution in [0.1, 0.15) is 0 Å². The van der Waals surface area contributed by atoms with E-state index in [9.17, 15) is 4.79 Å². The summed E-state index contributed by atoms with van der Waals surface area (Å²) in [6.07, 6.45) is 3.23. The third-order valence-electron chi connectivity index (χ3n) is 0.685. The average molecular weight is 143 g/mol. The Balaban J connectivity index is 2.56. The van der Waals surface area contributed by atoms with Gasteiger partial charge in [-0.3, -0.25) is 0 Å². The maximum atomic E-state index is 10.3. The molecule has 2 N–H and O–H groups in total. The van der Waals surface area contributed by atoms with Gasteiger partial charge in [-0.2, -0.15) is 5.10 Å². The fourth-order valence-corrected chi connectivity index (χ4v) is 0.832. The Morgan fingerprint density at radius 1 is 1.78 bits per heavy atom. The second kappa shape index (κ2) is 2.54. The lowest BCUT2D eigenvalue weighted by Gasteiger charge is -2.10. The van der Waals surface area contributed by atoms with Crippen LogP contribution in [0, 0.1) is 0 Å². The van der Waals surface area contributed by atoms with E-state index in [-0.39, 0.29) is 0 Å². The predicted molar refractivity (Wildman–Crippen MR) is 36.6 cm³/mol. The van der Waals surface area contributed by atoms with E-state index < -0.39 is 6.03 Å². The maximum absolute atomic E-state index is 10.3. The van der Waals surface area contributed by atoms with E-state index in [4.69, 9.17) is 5.73 Å². The minimum absolute atomic E-state index is 0.555. The minimum Gasteiger partial charge on any atom is -0.349 e. The van der Waals surface area contributed by atoms with E-state index in [0.29, 0.717) is 0 Å². The SMILES string of the molecule is NC(=O)N1N=CC=CS1. The molecule has 0 radical (unpaired) electrons. The molecule has 48 valence electrons. The molecule has 1 aliphatic rings. The average Bonchev–Trinajstić information content (AvgIpc) is 1.90. The summed E-state index contributed by atoms with van der Waals surface area (Å²) >= 11 is 1.15. The number of hydrazone groups is 1. The van der Waals surface area contributed by atoms with Gasteiger partial charge < -0.3 is 5.73 Å². The van der Waals surface area contributed by atoms with Gasteiger partial charge in [0.05, 0.1) is 0 Å². The third kappa shape index (κ3) is 1.46. The van der Waals surface area contributed by atoms with Crippen molar-refractivity contribution in [2.45, 2.75) is 0 Å². The normalized spacial score (nSPS) is 16.2. The Kier molecular flexibility index (Phi) is 1.74. The fourth-order valence-electron chi connectivity index (χ4n) is 0.363. The van der Waals surface area contributed by atoms with Crippen LogP contribution < -0.4 is 5.73 Å². The summed E-state index contributed by atoms with van der Waals surface area (Å²) in [5.41, 5.74) is 4.89. The van der Waals surface area contributed by atoms with E-state index >= 15 is 0 Å². The number of nitrogens with two attached hydrogens (primary N) is 1. The molecule has 0 unspecified atom stereocenters. The molecule has 4 nitrogen and oxygen atoms in total. The van der Waals surface area contributed by atoms with Gasteiger partial charge in [-0.25, -0.2) is 4.79 Å². The molecule has 1 rings (SSSR count). The number of hydrogen-bond donors (Lipinski definition) is 1. The van der Waals surface area contributed by atoms with Gasteiger partial charge in [-0.15, -0.1) is 4.41 Å². The lowest BCUT2D eigenvalue weighted by Crippen LogP contribution is -2.25. The van der Waals surface area contributed by atoms with Gasteiger partial charge >= 0.3 is 6.03 Å². The van der Waals surface area contributed by atoms with Crippen molar-refractivity contribution >= 4 is 24.2 Å². The number of rotatable bonds is 0. The molecule has 1 aliphatic heterocycles. The highest BCUT2D eigenvalue weighted by atomic mass is 32.2. The molecule has 0 atom stereocenters. The zero-order valence-corrected chi connectivity index (χ0v) is 5.34. The first-order valence-electron chi connectivity index (χ1n) is 2.26. The summed E-state index contributed by atoms with van der Waals surface area (Å²) in [5.74, 6) is 0. The van der Waals surface area contributed by atoms with Crippen LogP contribution in [-0.4, -0.2) is 16.7 Å². The summed E-state index contributed by atoms with van der Waals surface area (Å²) in [5, 5.41) is 5.36. The van der Waals surface area contributed by atoms with Crippen LogP contribution in [0.25, 0.3) is 0 Å². The van der Waals surface area contributed by atoms with Crippen LogP contribution in [0.3, 0.4) is 0 Å². The van der Waals surface area contributed by atoms with E-state index in [1.165, 1.54) is 6.21 Å². The first-order valence-corrected chi connectivity index (χ1v) is 3.10. The molecule has 0 spiro atoms. The lowest BCUT2D eigenvalue weighted by atomic mass is 10.7. The van der Waals surface area contributed by atoms with E-state index in [2.05, 4.69) is 5.10 Å². The van der Waals surface area contributed by atoms with Gasteiger partial charge in [0.25, 0.3) is 0 Å². The third-order valence-corrected chi connectivity index (χ3v) is 1.44. The Labute approximate surface area is 56.5 Å². The van der Waals surface area contributed by atoms with Crippen molar-refractivity contribution in [3.05, 3.63) is 11.5 Å². The highest BCUT2D eigenvalue weighted by molar-refractivity contribution is 8.00. The van der Waals surface area contributed by atoms with Crippen molar-refractivity contribution in [2.75, 3.05) is 0 Å². The highest BCUT2D eigenvalue weighted by Gasteiger charge is 2.06. The van der Waals surface area contributed by atoms with Crippen molar-refractivity contribution in [1.29, 1.82) is 0 Å². The molecular weight excluding hydrogens is 138 g/mol. The molecule has 0 aliphatic carbocycles. The first-order chi connectivity index (χ1) is 4.30. The summed E-state index contributed by atoms with van der Waals surface area (Å²) in [6, 6.07) is -0.555. The number of primary amides is 1. The molecule has 0 aromatic rings. The fraction of sp³-hybridized carbons (Fsp3) is 0. The molecule has 9 heavy (non-hydrogen) atoms. The van der Waals surface area contributed by atoms with Gasteiger partial charge in [0.1, 0.15) is 0 Å². The van der Waals surface area contributed by atoms with Gasteiger partial charge in [-0.05, 0) is 11.5 Å². The smallest absolute Gasteiger partial charge is 0.346 e. The van der Waals surface area contributed by atoms with Gasteiger partial charge in [0, 0.05) is 18.2 Å². The molecule has 0 aromatic carbocycles. The summed E-state index contributed by atoms with van der Waals surface area (Å²) in [4.78, 5) is 10.3.